The lowest BCUT2D eigenvalue weighted by Gasteiger charge is -2.07. The molecule has 2 heterocycles. The van der Waals surface area contributed by atoms with Crippen LogP contribution in [-0.2, 0) is 6.42 Å². The van der Waals surface area contributed by atoms with Crippen LogP contribution >= 0.6 is 11.6 Å². The van der Waals surface area contributed by atoms with Crippen molar-refractivity contribution in [2.45, 2.75) is 12.8 Å². The Morgan fingerprint density at radius 3 is 3.18 bits per heavy atom. The van der Waals surface area contributed by atoms with Crippen LogP contribution in [0.1, 0.15) is 12.2 Å². The number of fused-ring (bicyclic) bond motifs is 1. The van der Waals surface area contributed by atoms with E-state index >= 15 is 0 Å². The predicted octanol–water partition coefficient (Wildman–Crippen LogP) is 2.44. The first-order chi connectivity index (χ1) is 8.31. The van der Waals surface area contributed by atoms with Crippen LogP contribution in [0.3, 0.4) is 0 Å². The van der Waals surface area contributed by atoms with E-state index < -0.39 is 0 Å². The van der Waals surface area contributed by atoms with Crippen LogP contribution in [0.5, 0.6) is 0 Å². The van der Waals surface area contributed by atoms with E-state index in [0.29, 0.717) is 5.92 Å². The van der Waals surface area contributed by atoms with Gasteiger partial charge >= 0.3 is 0 Å². The predicted molar refractivity (Wildman–Crippen MR) is 69.2 cm³/mol. The fourth-order valence-electron chi connectivity index (χ4n) is 2.29. The van der Waals surface area contributed by atoms with Crippen LogP contribution in [0.2, 0.25) is 5.02 Å². The Morgan fingerprint density at radius 2 is 2.35 bits per heavy atom. The molecule has 3 rings (SSSR count). The van der Waals surface area contributed by atoms with Gasteiger partial charge in [-0.05, 0) is 43.6 Å². The third-order valence-corrected chi connectivity index (χ3v) is 3.46. The number of rotatable bonds is 2. The highest BCUT2D eigenvalue weighted by Crippen LogP contribution is 2.18. The topological polar surface area (TPSA) is 37.8 Å². The molecule has 0 amide bonds. The molecule has 1 fully saturated rings. The molecule has 17 heavy (non-hydrogen) atoms. The van der Waals surface area contributed by atoms with Crippen LogP contribution < -0.4 is 5.32 Å². The maximum atomic E-state index is 5.93. The maximum absolute atomic E-state index is 5.93. The number of benzene rings is 1. The second-order valence-electron chi connectivity index (χ2n) is 4.55. The van der Waals surface area contributed by atoms with E-state index in [4.69, 9.17) is 11.6 Å². The Kier molecular flexibility index (Phi) is 2.95. The number of hydrogen-bond acceptors (Lipinski definition) is 3. The molecule has 0 aliphatic carbocycles. The molecule has 0 saturated carbocycles. The van der Waals surface area contributed by atoms with Crippen molar-refractivity contribution in [3.63, 3.8) is 0 Å². The molecule has 1 aliphatic rings. The van der Waals surface area contributed by atoms with E-state index in [0.717, 1.165) is 41.3 Å². The summed E-state index contributed by atoms with van der Waals surface area (Å²) < 4.78 is 0. The largest absolute Gasteiger partial charge is 0.316 e. The second kappa shape index (κ2) is 4.59. The molecule has 0 radical (unpaired) electrons. The highest BCUT2D eigenvalue weighted by atomic mass is 35.5. The van der Waals surface area contributed by atoms with Crippen LogP contribution in [0.25, 0.3) is 10.9 Å². The van der Waals surface area contributed by atoms with Crippen LogP contribution in [0.4, 0.5) is 0 Å². The van der Waals surface area contributed by atoms with Gasteiger partial charge in [0.05, 0.1) is 5.52 Å². The number of nitrogens with one attached hydrogen (secondary N) is 1. The minimum atomic E-state index is 0.680. The summed E-state index contributed by atoms with van der Waals surface area (Å²) in [6.07, 6.45) is 4.06. The van der Waals surface area contributed by atoms with Gasteiger partial charge in [-0.1, -0.05) is 11.6 Å². The summed E-state index contributed by atoms with van der Waals surface area (Å²) in [5, 5.41) is 5.10. The number of halogens is 1. The smallest absolute Gasteiger partial charge is 0.129 e. The Balaban J connectivity index is 1.88. The molecule has 88 valence electrons. The summed E-state index contributed by atoms with van der Waals surface area (Å²) in [7, 11) is 0. The maximum Gasteiger partial charge on any atom is 0.129 e. The molecule has 1 aromatic carbocycles. The van der Waals surface area contributed by atoms with Gasteiger partial charge in [-0.2, -0.15) is 0 Å². The van der Waals surface area contributed by atoms with E-state index in [-0.39, 0.29) is 0 Å². The molecular weight excluding hydrogens is 234 g/mol. The summed E-state index contributed by atoms with van der Waals surface area (Å²) in [6, 6.07) is 5.73. The summed E-state index contributed by atoms with van der Waals surface area (Å²) in [6.45, 7) is 2.20. The van der Waals surface area contributed by atoms with Crippen molar-refractivity contribution in [3.05, 3.63) is 35.2 Å². The highest BCUT2D eigenvalue weighted by molar-refractivity contribution is 6.31. The van der Waals surface area contributed by atoms with Crippen molar-refractivity contribution in [3.8, 4) is 0 Å². The molecule has 1 aliphatic heterocycles. The summed E-state index contributed by atoms with van der Waals surface area (Å²) in [4.78, 5) is 9.00. The minimum Gasteiger partial charge on any atom is -0.316 e. The highest BCUT2D eigenvalue weighted by Gasteiger charge is 2.16. The third-order valence-electron chi connectivity index (χ3n) is 3.23. The third kappa shape index (κ3) is 2.40. The number of aromatic nitrogens is 2. The molecule has 1 unspecified atom stereocenters. The molecule has 2 aromatic rings. The Hall–Kier alpha value is -1.19. The van der Waals surface area contributed by atoms with E-state index in [9.17, 15) is 0 Å². The first kappa shape index (κ1) is 10.9. The van der Waals surface area contributed by atoms with Gasteiger partial charge in [-0.3, -0.25) is 0 Å². The monoisotopic (exact) mass is 247 g/mol. The SMILES string of the molecule is Clc1ccc2nc(CC3CCNC3)ncc2c1. The van der Waals surface area contributed by atoms with Crippen molar-refractivity contribution < 1.29 is 0 Å². The quantitative estimate of drug-likeness (QED) is 0.886. The van der Waals surface area contributed by atoms with Gasteiger partial charge in [0, 0.05) is 23.0 Å². The van der Waals surface area contributed by atoms with Crippen molar-refractivity contribution in [1.82, 2.24) is 15.3 Å². The zero-order valence-corrected chi connectivity index (χ0v) is 10.2. The summed E-state index contributed by atoms with van der Waals surface area (Å²) in [5.41, 5.74) is 0.977. The van der Waals surface area contributed by atoms with Gasteiger partial charge in [0.2, 0.25) is 0 Å². The molecule has 0 spiro atoms. The Labute approximate surface area is 105 Å². The van der Waals surface area contributed by atoms with Crippen molar-refractivity contribution >= 4 is 22.5 Å². The summed E-state index contributed by atoms with van der Waals surface area (Å²) in [5.74, 6) is 1.62. The lowest BCUT2D eigenvalue weighted by molar-refractivity contribution is 0.563. The van der Waals surface area contributed by atoms with Crippen molar-refractivity contribution in [2.24, 2.45) is 5.92 Å². The van der Waals surface area contributed by atoms with Crippen molar-refractivity contribution in [2.75, 3.05) is 13.1 Å². The molecule has 0 bridgehead atoms. The van der Waals surface area contributed by atoms with Gasteiger partial charge in [0.25, 0.3) is 0 Å². The number of hydrogen-bond donors (Lipinski definition) is 1. The molecule has 1 aromatic heterocycles. The van der Waals surface area contributed by atoms with Gasteiger partial charge in [0.1, 0.15) is 5.82 Å². The van der Waals surface area contributed by atoms with E-state index in [1.165, 1.54) is 6.42 Å². The molecule has 1 atom stereocenters. The van der Waals surface area contributed by atoms with Crippen LogP contribution in [-0.4, -0.2) is 23.1 Å². The zero-order chi connectivity index (χ0) is 11.7. The molecule has 3 nitrogen and oxygen atoms in total. The Bertz CT molecular complexity index is 535. The van der Waals surface area contributed by atoms with E-state index in [2.05, 4.69) is 15.3 Å². The van der Waals surface area contributed by atoms with E-state index in [1.54, 1.807) is 0 Å². The van der Waals surface area contributed by atoms with Gasteiger partial charge in [-0.25, -0.2) is 9.97 Å². The molecule has 4 heteroatoms. The summed E-state index contributed by atoms with van der Waals surface area (Å²) >= 11 is 5.93. The van der Waals surface area contributed by atoms with Crippen LogP contribution in [0, 0.1) is 5.92 Å². The first-order valence-corrected chi connectivity index (χ1v) is 6.31. The second-order valence-corrected chi connectivity index (χ2v) is 4.99. The average molecular weight is 248 g/mol. The molecule has 1 N–H and O–H groups in total. The molecular formula is C13H14ClN3. The van der Waals surface area contributed by atoms with E-state index in [1.807, 2.05) is 24.4 Å². The average Bonchev–Trinajstić information content (AvgIpc) is 2.82. The minimum absolute atomic E-state index is 0.680. The Morgan fingerprint density at radius 1 is 1.41 bits per heavy atom. The lowest BCUT2D eigenvalue weighted by atomic mass is 10.0. The van der Waals surface area contributed by atoms with Gasteiger partial charge < -0.3 is 5.32 Å². The normalized spacial score (nSPS) is 19.9. The fourth-order valence-corrected chi connectivity index (χ4v) is 2.47. The zero-order valence-electron chi connectivity index (χ0n) is 9.49. The standard InChI is InChI=1S/C13H14ClN3/c14-11-1-2-12-10(6-11)8-16-13(17-12)5-9-3-4-15-7-9/h1-2,6,8-9,15H,3-5,7H2. The van der Waals surface area contributed by atoms with Gasteiger partial charge in [0.15, 0.2) is 0 Å². The lowest BCUT2D eigenvalue weighted by Crippen LogP contribution is -2.12. The van der Waals surface area contributed by atoms with Gasteiger partial charge in [-0.15, -0.1) is 0 Å². The van der Waals surface area contributed by atoms with Crippen molar-refractivity contribution in [1.29, 1.82) is 0 Å². The molecule has 1 saturated heterocycles. The fraction of sp³-hybridized carbons (Fsp3) is 0.385. The van der Waals surface area contributed by atoms with Crippen LogP contribution in [0.15, 0.2) is 24.4 Å². The first-order valence-electron chi connectivity index (χ1n) is 5.93. The number of nitrogens with zero attached hydrogens (tertiary/aromatic N) is 2.